The topological polar surface area (TPSA) is 142 Å². The van der Waals surface area contributed by atoms with Crippen LogP contribution < -0.4 is 20.3 Å². The van der Waals surface area contributed by atoms with Gasteiger partial charge in [0.25, 0.3) is 0 Å². The summed E-state index contributed by atoms with van der Waals surface area (Å²) in [5, 5.41) is 27.8. The number of phenolic OH excluding ortho intramolecular Hbond substituents is 2. The van der Waals surface area contributed by atoms with Crippen molar-refractivity contribution in [2.75, 3.05) is 13.2 Å². The average molecular weight is 456 g/mol. The number of benzene rings is 2. The maximum atomic E-state index is 11.9. The lowest BCUT2D eigenvalue weighted by Gasteiger charge is -2.07. The van der Waals surface area contributed by atoms with Gasteiger partial charge in [-0.25, -0.2) is 10.9 Å². The number of hydrazone groups is 2. The summed E-state index contributed by atoms with van der Waals surface area (Å²) in [7, 11) is 0. The Kier molecular flexibility index (Phi) is 10.2. The number of nitrogens with one attached hydrogen (secondary N) is 2. The Morgan fingerprint density at radius 3 is 1.64 bits per heavy atom. The van der Waals surface area contributed by atoms with Crippen molar-refractivity contribution in [2.45, 2.75) is 33.1 Å². The summed E-state index contributed by atoms with van der Waals surface area (Å²) < 4.78 is 10.6. The Labute approximate surface area is 191 Å². The summed E-state index contributed by atoms with van der Waals surface area (Å²) in [5.41, 5.74) is 5.49. The fraction of sp³-hybridized carbons (Fsp3) is 0.304. The molecule has 33 heavy (non-hydrogen) atoms. The molecule has 0 fully saturated rings. The number of carbonyl (C=O) groups is 2. The van der Waals surface area contributed by atoms with Gasteiger partial charge in [-0.15, -0.1) is 0 Å². The van der Waals surface area contributed by atoms with E-state index >= 15 is 0 Å². The molecule has 4 N–H and O–H groups in total. The summed E-state index contributed by atoms with van der Waals surface area (Å²) in [4.78, 5) is 23.8. The van der Waals surface area contributed by atoms with Crippen molar-refractivity contribution in [3.05, 3.63) is 47.5 Å². The highest BCUT2D eigenvalue weighted by atomic mass is 16.5. The second-order valence-electron chi connectivity index (χ2n) is 6.69. The van der Waals surface area contributed by atoms with Gasteiger partial charge in [-0.1, -0.05) is 12.1 Å². The van der Waals surface area contributed by atoms with Crippen molar-refractivity contribution in [1.29, 1.82) is 0 Å². The maximum Gasteiger partial charge on any atom is 0.240 e. The highest BCUT2D eigenvalue weighted by Gasteiger charge is 2.08. The molecule has 0 radical (unpaired) electrons. The van der Waals surface area contributed by atoms with Crippen molar-refractivity contribution < 1.29 is 29.3 Å². The number of hydrogen-bond donors (Lipinski definition) is 4. The molecular formula is C23H28N4O6. The van der Waals surface area contributed by atoms with Crippen LogP contribution in [0.25, 0.3) is 0 Å². The molecule has 10 nitrogen and oxygen atoms in total. The van der Waals surface area contributed by atoms with Gasteiger partial charge in [-0.2, -0.15) is 10.2 Å². The molecule has 2 aromatic rings. The first-order chi connectivity index (χ1) is 16.0. The van der Waals surface area contributed by atoms with Gasteiger partial charge in [0.1, 0.15) is 0 Å². The van der Waals surface area contributed by atoms with E-state index in [1.807, 2.05) is 0 Å². The Hall–Kier alpha value is -4.08. The molecule has 0 unspecified atom stereocenters. The molecule has 0 saturated heterocycles. The third kappa shape index (κ3) is 8.17. The maximum absolute atomic E-state index is 11.9. The largest absolute Gasteiger partial charge is 0.504 e. The van der Waals surface area contributed by atoms with Crippen molar-refractivity contribution in [3.63, 3.8) is 0 Å². The van der Waals surface area contributed by atoms with E-state index in [0.29, 0.717) is 42.3 Å². The zero-order chi connectivity index (χ0) is 24.1. The fourth-order valence-corrected chi connectivity index (χ4v) is 2.70. The van der Waals surface area contributed by atoms with Crippen LogP contribution in [-0.4, -0.2) is 47.7 Å². The molecular weight excluding hydrogens is 428 g/mol. The zero-order valence-electron chi connectivity index (χ0n) is 18.6. The third-order valence-electron chi connectivity index (χ3n) is 4.25. The number of rotatable bonds is 12. The Morgan fingerprint density at radius 1 is 0.818 bits per heavy atom. The van der Waals surface area contributed by atoms with Crippen LogP contribution >= 0.6 is 0 Å². The Balaban J connectivity index is 1.73. The van der Waals surface area contributed by atoms with E-state index in [0.717, 1.165) is 0 Å². The molecule has 0 aliphatic rings. The van der Waals surface area contributed by atoms with Crippen LogP contribution in [0.1, 0.15) is 44.2 Å². The molecule has 0 aliphatic carbocycles. The van der Waals surface area contributed by atoms with Gasteiger partial charge in [0.05, 0.1) is 25.6 Å². The fourth-order valence-electron chi connectivity index (χ4n) is 2.70. The van der Waals surface area contributed by atoms with Gasteiger partial charge in [-0.05, 0) is 44.5 Å². The quantitative estimate of drug-likeness (QED) is 0.286. The summed E-state index contributed by atoms with van der Waals surface area (Å²) in [6.45, 7) is 4.43. The minimum atomic E-state index is -0.374. The van der Waals surface area contributed by atoms with Crippen LogP contribution in [0.5, 0.6) is 23.0 Å². The van der Waals surface area contributed by atoms with E-state index in [1.54, 1.807) is 50.2 Å². The van der Waals surface area contributed by atoms with Gasteiger partial charge >= 0.3 is 0 Å². The first kappa shape index (κ1) is 25.2. The molecule has 176 valence electrons. The van der Waals surface area contributed by atoms with Crippen LogP contribution in [0.4, 0.5) is 0 Å². The molecule has 0 atom stereocenters. The summed E-state index contributed by atoms with van der Waals surface area (Å²) in [6, 6.07) is 9.92. The first-order valence-corrected chi connectivity index (χ1v) is 10.5. The molecule has 2 amide bonds. The Bertz CT molecular complexity index is 927. The Morgan fingerprint density at radius 2 is 1.24 bits per heavy atom. The van der Waals surface area contributed by atoms with Crippen molar-refractivity contribution in [1.82, 2.24) is 10.9 Å². The lowest BCUT2D eigenvalue weighted by Crippen LogP contribution is -2.20. The molecule has 2 rings (SSSR count). The second-order valence-corrected chi connectivity index (χ2v) is 6.69. The average Bonchev–Trinajstić information content (AvgIpc) is 2.79. The molecule has 0 spiro atoms. The zero-order valence-corrected chi connectivity index (χ0v) is 18.6. The number of amides is 2. The van der Waals surface area contributed by atoms with Crippen LogP contribution in [-0.2, 0) is 9.59 Å². The number of para-hydroxylation sites is 2. The van der Waals surface area contributed by atoms with Gasteiger partial charge in [-0.3, -0.25) is 9.59 Å². The lowest BCUT2D eigenvalue weighted by molar-refractivity contribution is -0.122. The molecule has 0 saturated carbocycles. The number of ether oxygens (including phenoxy) is 2. The number of phenols is 2. The smallest absolute Gasteiger partial charge is 0.240 e. The van der Waals surface area contributed by atoms with Crippen LogP contribution in [0.2, 0.25) is 0 Å². The molecule has 0 aromatic heterocycles. The molecule has 0 aliphatic heterocycles. The highest BCUT2D eigenvalue weighted by molar-refractivity contribution is 5.87. The van der Waals surface area contributed by atoms with Crippen molar-refractivity contribution >= 4 is 24.2 Å². The number of aromatic hydroxyl groups is 2. The number of carbonyl (C=O) groups excluding carboxylic acids is 2. The number of hydrogen-bond acceptors (Lipinski definition) is 8. The van der Waals surface area contributed by atoms with Gasteiger partial charge in [0.2, 0.25) is 11.8 Å². The normalized spacial score (nSPS) is 11.0. The standard InChI is InChI=1S/C23H28N4O6/c1-3-32-18-10-5-8-16(22(18)30)14-24-26-20(28)12-7-13-21(29)27-25-15-17-9-6-11-19(23(17)31)33-4-2/h5-6,8-11,14-15,30-31H,3-4,7,12-13H2,1-2H3,(H,26,28)(H,27,29)/b24-14+,25-15+. The minimum absolute atomic E-state index is 0.0625. The van der Waals surface area contributed by atoms with E-state index in [1.165, 1.54) is 12.4 Å². The SMILES string of the molecule is CCOc1cccc(/C=N/NC(=O)CCCC(=O)N/N=C/c2cccc(OCC)c2O)c1O. The van der Waals surface area contributed by atoms with Gasteiger partial charge in [0, 0.05) is 24.0 Å². The van der Waals surface area contributed by atoms with Crippen LogP contribution in [0.3, 0.4) is 0 Å². The van der Waals surface area contributed by atoms with Crippen molar-refractivity contribution in [3.8, 4) is 23.0 Å². The van der Waals surface area contributed by atoms with E-state index in [-0.39, 0.29) is 36.2 Å². The first-order valence-electron chi connectivity index (χ1n) is 10.5. The lowest BCUT2D eigenvalue weighted by atomic mass is 10.2. The van der Waals surface area contributed by atoms with E-state index in [2.05, 4.69) is 21.1 Å². The van der Waals surface area contributed by atoms with Crippen LogP contribution in [0, 0.1) is 0 Å². The summed E-state index contributed by atoms with van der Waals surface area (Å²) in [6.07, 6.45) is 3.08. The monoisotopic (exact) mass is 456 g/mol. The molecule has 0 heterocycles. The predicted molar refractivity (Wildman–Crippen MR) is 124 cm³/mol. The van der Waals surface area contributed by atoms with E-state index in [4.69, 9.17) is 9.47 Å². The summed E-state index contributed by atoms with van der Waals surface area (Å²) in [5.74, 6) is -0.210. The molecule has 10 heteroatoms. The molecule has 2 aromatic carbocycles. The second kappa shape index (κ2) is 13.4. The van der Waals surface area contributed by atoms with E-state index < -0.39 is 0 Å². The minimum Gasteiger partial charge on any atom is -0.504 e. The molecule has 0 bridgehead atoms. The predicted octanol–water partition coefficient (Wildman–Crippen LogP) is 2.67. The number of nitrogens with zero attached hydrogens (tertiary/aromatic N) is 2. The van der Waals surface area contributed by atoms with Gasteiger partial charge in [0.15, 0.2) is 23.0 Å². The van der Waals surface area contributed by atoms with Crippen LogP contribution in [0.15, 0.2) is 46.6 Å². The van der Waals surface area contributed by atoms with E-state index in [9.17, 15) is 19.8 Å². The van der Waals surface area contributed by atoms with Crippen molar-refractivity contribution in [2.24, 2.45) is 10.2 Å². The summed E-state index contributed by atoms with van der Waals surface area (Å²) >= 11 is 0. The van der Waals surface area contributed by atoms with Gasteiger partial charge < -0.3 is 19.7 Å². The highest BCUT2D eigenvalue weighted by Crippen LogP contribution is 2.29. The third-order valence-corrected chi connectivity index (χ3v) is 4.25.